The van der Waals surface area contributed by atoms with Gasteiger partial charge in [-0.1, -0.05) is 25.0 Å². The molecular formula is C25H35N5O2. The minimum atomic E-state index is -0.855. The van der Waals surface area contributed by atoms with E-state index in [4.69, 9.17) is 4.98 Å². The van der Waals surface area contributed by atoms with Crippen LogP contribution in [-0.2, 0) is 4.79 Å². The minimum Gasteiger partial charge on any atom is -0.480 e. The summed E-state index contributed by atoms with van der Waals surface area (Å²) in [6, 6.07) is 12.0. The van der Waals surface area contributed by atoms with Crippen molar-refractivity contribution in [2.45, 2.75) is 100 Å². The van der Waals surface area contributed by atoms with Crippen LogP contribution in [0.25, 0.3) is 11.0 Å². The van der Waals surface area contributed by atoms with Crippen LogP contribution in [0.2, 0.25) is 0 Å². The summed E-state index contributed by atoms with van der Waals surface area (Å²) in [5.74, 6) is -0.145. The van der Waals surface area contributed by atoms with Gasteiger partial charge in [-0.05, 0) is 63.5 Å². The van der Waals surface area contributed by atoms with Crippen molar-refractivity contribution in [3.8, 4) is 0 Å². The number of hydrogen-bond acceptors (Lipinski definition) is 5. The Morgan fingerprint density at radius 2 is 1.66 bits per heavy atom. The molecule has 6 atom stereocenters. The zero-order valence-corrected chi connectivity index (χ0v) is 18.7. The van der Waals surface area contributed by atoms with Crippen molar-refractivity contribution in [1.29, 1.82) is 0 Å². The second-order valence-electron chi connectivity index (χ2n) is 10.5. The first kappa shape index (κ1) is 20.5. The second kappa shape index (κ2) is 8.34. The maximum absolute atomic E-state index is 11.2. The molecule has 0 saturated carbocycles. The number of aromatic nitrogens is 2. The van der Waals surface area contributed by atoms with Gasteiger partial charge in [-0.25, -0.2) is 4.98 Å². The van der Waals surface area contributed by atoms with Crippen LogP contribution < -0.4 is 10.6 Å². The molecule has 6 rings (SSSR count). The number of benzene rings is 1. The van der Waals surface area contributed by atoms with Gasteiger partial charge in [-0.2, -0.15) is 0 Å². The smallest absolute Gasteiger partial charge is 0.322 e. The normalized spacial score (nSPS) is 35.0. The molecule has 0 spiro atoms. The molecule has 1 aromatic heterocycles. The van der Waals surface area contributed by atoms with Gasteiger partial charge in [-0.15, -0.1) is 0 Å². The first-order chi connectivity index (χ1) is 15.7. The van der Waals surface area contributed by atoms with Gasteiger partial charge in [0.25, 0.3) is 0 Å². The number of aliphatic carboxylic acids is 1. The summed E-state index contributed by atoms with van der Waals surface area (Å²) in [6.07, 6.45) is 12.9. The summed E-state index contributed by atoms with van der Waals surface area (Å²) in [4.78, 5) is 18.9. The highest BCUT2D eigenvalue weighted by Crippen LogP contribution is 2.45. The van der Waals surface area contributed by atoms with E-state index in [-0.39, 0.29) is 6.54 Å². The van der Waals surface area contributed by atoms with E-state index >= 15 is 0 Å². The standard InChI is InChI=1S/C25H35N5O2/c31-24(32)15-26-25-28-22-9-1-2-10-23(22)30(25)21-13-18-7-4-8-19(14-21)29(18)20-11-16-5-3-6-17(12-20)27-16/h1-2,9-10,16-21,27H,3-8,11-15H2,(H,26,28)(H,31,32)/t16-,17+,18-,19+,20?,21?. The lowest BCUT2D eigenvalue weighted by molar-refractivity contribution is -0.134. The van der Waals surface area contributed by atoms with Crippen molar-refractivity contribution in [2.75, 3.05) is 11.9 Å². The lowest BCUT2D eigenvalue weighted by Gasteiger charge is -2.55. The van der Waals surface area contributed by atoms with E-state index in [1.165, 1.54) is 51.4 Å². The van der Waals surface area contributed by atoms with Crippen molar-refractivity contribution in [3.05, 3.63) is 24.3 Å². The van der Waals surface area contributed by atoms with E-state index in [0.717, 1.165) is 42.0 Å². The average Bonchev–Trinajstić information content (AvgIpc) is 3.15. The molecule has 7 nitrogen and oxygen atoms in total. The number of piperidine rings is 4. The fourth-order valence-corrected chi connectivity index (χ4v) is 7.37. The first-order valence-corrected chi connectivity index (χ1v) is 12.6. The summed E-state index contributed by atoms with van der Waals surface area (Å²) in [7, 11) is 0. The molecule has 5 heterocycles. The van der Waals surface area contributed by atoms with Gasteiger partial charge in [0, 0.05) is 36.3 Å². The molecule has 0 aliphatic carbocycles. The Morgan fingerprint density at radius 1 is 0.969 bits per heavy atom. The van der Waals surface area contributed by atoms with Gasteiger partial charge in [0.05, 0.1) is 11.0 Å². The molecule has 0 radical (unpaired) electrons. The van der Waals surface area contributed by atoms with E-state index in [0.29, 0.717) is 24.1 Å². The van der Waals surface area contributed by atoms with E-state index in [1.54, 1.807) is 0 Å². The number of carbonyl (C=O) groups is 1. The fraction of sp³-hybridized carbons (Fsp3) is 0.680. The summed E-state index contributed by atoms with van der Waals surface area (Å²) in [5, 5.41) is 16.2. The third-order valence-corrected chi connectivity index (χ3v) is 8.48. The van der Waals surface area contributed by atoms with Gasteiger partial charge in [0.1, 0.15) is 6.54 Å². The Balaban J connectivity index is 1.28. The summed E-state index contributed by atoms with van der Waals surface area (Å²) in [6.45, 7) is -0.104. The molecule has 7 heteroatoms. The van der Waals surface area contributed by atoms with Crippen LogP contribution >= 0.6 is 0 Å². The Bertz CT molecular complexity index is 964. The molecule has 32 heavy (non-hydrogen) atoms. The number of imidazole rings is 1. The van der Waals surface area contributed by atoms with Crippen LogP contribution in [-0.4, -0.2) is 62.3 Å². The van der Waals surface area contributed by atoms with Gasteiger partial charge < -0.3 is 20.3 Å². The topological polar surface area (TPSA) is 82.4 Å². The van der Waals surface area contributed by atoms with Gasteiger partial charge in [-0.3, -0.25) is 9.69 Å². The predicted molar refractivity (Wildman–Crippen MR) is 125 cm³/mol. The van der Waals surface area contributed by atoms with Crippen LogP contribution in [0.4, 0.5) is 5.95 Å². The number of fused-ring (bicyclic) bond motifs is 5. The highest BCUT2D eigenvalue weighted by atomic mass is 16.4. The molecule has 3 N–H and O–H groups in total. The highest BCUT2D eigenvalue weighted by Gasteiger charge is 2.45. The largest absolute Gasteiger partial charge is 0.480 e. The first-order valence-electron chi connectivity index (χ1n) is 12.6. The van der Waals surface area contributed by atoms with E-state index < -0.39 is 5.97 Å². The maximum Gasteiger partial charge on any atom is 0.322 e. The zero-order valence-electron chi connectivity index (χ0n) is 18.7. The molecular weight excluding hydrogens is 402 g/mol. The summed E-state index contributed by atoms with van der Waals surface area (Å²) >= 11 is 0. The van der Waals surface area contributed by atoms with Crippen molar-refractivity contribution in [3.63, 3.8) is 0 Å². The lowest BCUT2D eigenvalue weighted by Crippen LogP contribution is -2.62. The lowest BCUT2D eigenvalue weighted by atomic mass is 9.76. The van der Waals surface area contributed by atoms with Crippen molar-refractivity contribution < 1.29 is 9.90 Å². The molecule has 2 unspecified atom stereocenters. The van der Waals surface area contributed by atoms with Crippen LogP contribution in [0.3, 0.4) is 0 Å². The third-order valence-electron chi connectivity index (χ3n) is 8.48. The van der Waals surface area contributed by atoms with Crippen molar-refractivity contribution >= 4 is 23.0 Å². The second-order valence-corrected chi connectivity index (χ2v) is 10.5. The SMILES string of the molecule is O=C(O)CNc1nc2ccccc2n1C1C[C@H]2CCC[C@@H](C1)N2C1C[C@H]2CCC[C@@H](C1)N2. The minimum absolute atomic E-state index is 0.104. The van der Waals surface area contributed by atoms with E-state index in [9.17, 15) is 9.90 Å². The average molecular weight is 438 g/mol. The van der Waals surface area contributed by atoms with Gasteiger partial charge in [0.2, 0.25) is 5.95 Å². The van der Waals surface area contributed by atoms with Crippen molar-refractivity contribution in [2.24, 2.45) is 0 Å². The van der Waals surface area contributed by atoms with Gasteiger partial charge in [0.15, 0.2) is 0 Å². The maximum atomic E-state index is 11.2. The fourth-order valence-electron chi connectivity index (χ4n) is 7.37. The molecule has 0 amide bonds. The molecule has 1 aromatic carbocycles. The van der Waals surface area contributed by atoms with Crippen LogP contribution in [0.5, 0.6) is 0 Å². The summed E-state index contributed by atoms with van der Waals surface area (Å²) in [5.41, 5.74) is 2.06. The number of anilines is 1. The van der Waals surface area contributed by atoms with Crippen molar-refractivity contribution in [1.82, 2.24) is 19.8 Å². The highest BCUT2D eigenvalue weighted by molar-refractivity contribution is 5.80. The van der Waals surface area contributed by atoms with Crippen LogP contribution in [0.1, 0.15) is 70.3 Å². The number of rotatable bonds is 5. The number of carboxylic acid groups (broad SMARTS) is 1. The van der Waals surface area contributed by atoms with Crippen LogP contribution in [0, 0.1) is 0 Å². The number of nitrogens with zero attached hydrogens (tertiary/aromatic N) is 3. The van der Waals surface area contributed by atoms with E-state index in [2.05, 4.69) is 32.2 Å². The molecule has 4 saturated heterocycles. The number of carboxylic acids is 1. The predicted octanol–water partition coefficient (Wildman–Crippen LogP) is 3.76. The molecule has 2 aromatic rings. The van der Waals surface area contributed by atoms with Crippen LogP contribution in [0.15, 0.2) is 24.3 Å². The zero-order chi connectivity index (χ0) is 21.7. The Kier molecular flexibility index (Phi) is 5.34. The Morgan fingerprint density at radius 3 is 2.38 bits per heavy atom. The number of para-hydroxylation sites is 2. The summed E-state index contributed by atoms with van der Waals surface area (Å²) < 4.78 is 2.32. The number of hydrogen-bond donors (Lipinski definition) is 3. The molecule has 4 bridgehead atoms. The third kappa shape index (κ3) is 3.69. The Hall–Kier alpha value is -2.12. The Labute approximate surface area is 189 Å². The van der Waals surface area contributed by atoms with E-state index in [1.807, 2.05) is 12.1 Å². The molecule has 172 valence electrons. The molecule has 4 aliphatic rings. The van der Waals surface area contributed by atoms with Gasteiger partial charge >= 0.3 is 5.97 Å². The monoisotopic (exact) mass is 437 g/mol. The molecule has 4 aliphatic heterocycles. The molecule has 4 fully saturated rings. The quantitative estimate of drug-likeness (QED) is 0.661. The number of nitrogens with one attached hydrogen (secondary N) is 2.